The molecular formula is C15H19N3O3. The van der Waals surface area contributed by atoms with Gasteiger partial charge in [-0.05, 0) is 18.6 Å². The van der Waals surface area contributed by atoms with Crippen molar-refractivity contribution in [2.45, 2.75) is 13.3 Å². The van der Waals surface area contributed by atoms with Crippen molar-refractivity contribution < 1.29 is 14.3 Å². The van der Waals surface area contributed by atoms with Crippen LogP contribution < -0.4 is 15.5 Å². The maximum atomic E-state index is 11.4. The summed E-state index contributed by atoms with van der Waals surface area (Å²) in [6, 6.07) is 7.30. The Morgan fingerprint density at radius 2 is 2.10 bits per heavy atom. The van der Waals surface area contributed by atoms with Gasteiger partial charge in [0.25, 0.3) is 0 Å². The molecule has 2 amide bonds. The standard InChI is InChI=1S/C15H19N3O3/c1-3-9-16-14(19)15(20)18-17-11-12-7-5-6-8-13(12)21-10-4-2/h3,5-8,11H,1,4,9-10H2,2H3,(H,16,19)(H,18,20)/b17-11-. The third-order valence-corrected chi connectivity index (χ3v) is 2.36. The molecule has 0 aliphatic carbocycles. The number of benzene rings is 1. The summed E-state index contributed by atoms with van der Waals surface area (Å²) >= 11 is 0. The molecule has 6 nitrogen and oxygen atoms in total. The Labute approximate surface area is 123 Å². The largest absolute Gasteiger partial charge is 0.493 e. The lowest BCUT2D eigenvalue weighted by Crippen LogP contribution is -2.37. The van der Waals surface area contributed by atoms with Gasteiger partial charge in [-0.15, -0.1) is 6.58 Å². The fourth-order valence-electron chi connectivity index (χ4n) is 1.39. The predicted molar refractivity (Wildman–Crippen MR) is 81.2 cm³/mol. The average molecular weight is 289 g/mol. The third-order valence-electron chi connectivity index (χ3n) is 2.36. The highest BCUT2D eigenvalue weighted by Gasteiger charge is 2.10. The van der Waals surface area contributed by atoms with Crippen LogP contribution in [0.2, 0.25) is 0 Å². The minimum Gasteiger partial charge on any atom is -0.493 e. The molecule has 6 heteroatoms. The van der Waals surface area contributed by atoms with Gasteiger partial charge in [0.1, 0.15) is 5.75 Å². The lowest BCUT2D eigenvalue weighted by Gasteiger charge is -2.07. The third kappa shape index (κ3) is 5.90. The quantitative estimate of drug-likeness (QED) is 0.343. The molecule has 0 bridgehead atoms. The molecule has 0 spiro atoms. The smallest absolute Gasteiger partial charge is 0.329 e. The first kappa shape index (κ1) is 16.4. The Kier molecular flexibility index (Phi) is 7.28. The molecule has 0 aliphatic rings. The molecule has 0 unspecified atom stereocenters. The molecule has 0 fully saturated rings. The summed E-state index contributed by atoms with van der Waals surface area (Å²) in [6.07, 6.45) is 3.81. The Morgan fingerprint density at radius 3 is 2.81 bits per heavy atom. The Bertz CT molecular complexity index is 527. The van der Waals surface area contributed by atoms with Crippen LogP contribution >= 0.6 is 0 Å². The first-order valence-electron chi connectivity index (χ1n) is 6.63. The maximum Gasteiger partial charge on any atom is 0.329 e. The molecule has 2 N–H and O–H groups in total. The molecule has 0 atom stereocenters. The highest BCUT2D eigenvalue weighted by molar-refractivity contribution is 6.35. The SMILES string of the molecule is C=CCNC(=O)C(=O)N/N=C\c1ccccc1OCCC. The highest BCUT2D eigenvalue weighted by Crippen LogP contribution is 2.15. The Hall–Kier alpha value is -2.63. The minimum absolute atomic E-state index is 0.226. The van der Waals surface area contributed by atoms with Gasteiger partial charge in [0.05, 0.1) is 12.8 Å². The monoisotopic (exact) mass is 289 g/mol. The summed E-state index contributed by atoms with van der Waals surface area (Å²) in [5.74, 6) is -0.920. The van der Waals surface area contributed by atoms with Gasteiger partial charge < -0.3 is 10.1 Å². The van der Waals surface area contributed by atoms with Crippen molar-refractivity contribution in [2.75, 3.05) is 13.2 Å². The van der Waals surface area contributed by atoms with Crippen LogP contribution in [0.15, 0.2) is 42.0 Å². The van der Waals surface area contributed by atoms with Crippen LogP contribution in [0.1, 0.15) is 18.9 Å². The van der Waals surface area contributed by atoms with Gasteiger partial charge in [-0.25, -0.2) is 5.43 Å². The van der Waals surface area contributed by atoms with Crippen molar-refractivity contribution in [3.63, 3.8) is 0 Å². The molecule has 1 aromatic carbocycles. The summed E-state index contributed by atoms with van der Waals surface area (Å²) in [4.78, 5) is 22.7. The zero-order valence-electron chi connectivity index (χ0n) is 12.0. The number of hydrogen-bond donors (Lipinski definition) is 2. The lowest BCUT2D eigenvalue weighted by molar-refractivity contribution is -0.139. The van der Waals surface area contributed by atoms with E-state index in [-0.39, 0.29) is 6.54 Å². The summed E-state index contributed by atoms with van der Waals surface area (Å²) in [5.41, 5.74) is 2.87. The Morgan fingerprint density at radius 1 is 1.33 bits per heavy atom. The maximum absolute atomic E-state index is 11.4. The van der Waals surface area contributed by atoms with E-state index >= 15 is 0 Å². The summed E-state index contributed by atoms with van der Waals surface area (Å²) in [6.45, 7) is 6.27. The minimum atomic E-state index is -0.833. The number of amides is 2. The second-order valence-electron chi connectivity index (χ2n) is 4.08. The van der Waals surface area contributed by atoms with E-state index in [4.69, 9.17) is 4.74 Å². The summed E-state index contributed by atoms with van der Waals surface area (Å²) in [7, 11) is 0. The normalized spacial score (nSPS) is 10.1. The van der Waals surface area contributed by atoms with E-state index < -0.39 is 11.8 Å². The van der Waals surface area contributed by atoms with Crippen molar-refractivity contribution in [2.24, 2.45) is 5.10 Å². The molecule has 0 aromatic heterocycles. The highest BCUT2D eigenvalue weighted by atomic mass is 16.5. The second kappa shape index (κ2) is 9.30. The van der Waals surface area contributed by atoms with Crippen LogP contribution in [0.4, 0.5) is 0 Å². The predicted octanol–water partition coefficient (Wildman–Crippen LogP) is 1.23. The molecule has 112 valence electrons. The molecule has 1 aromatic rings. The van der Waals surface area contributed by atoms with E-state index in [2.05, 4.69) is 22.4 Å². The lowest BCUT2D eigenvalue weighted by atomic mass is 10.2. The number of hydrazone groups is 1. The number of nitrogens with zero attached hydrogens (tertiary/aromatic N) is 1. The summed E-state index contributed by atoms with van der Waals surface area (Å²) in [5, 5.41) is 6.10. The van der Waals surface area contributed by atoms with Gasteiger partial charge >= 0.3 is 11.8 Å². The molecule has 21 heavy (non-hydrogen) atoms. The first-order valence-corrected chi connectivity index (χ1v) is 6.63. The van der Waals surface area contributed by atoms with Crippen LogP contribution in [0.5, 0.6) is 5.75 Å². The van der Waals surface area contributed by atoms with Crippen LogP contribution in [-0.4, -0.2) is 31.2 Å². The fraction of sp³-hybridized carbons (Fsp3) is 0.267. The Balaban J connectivity index is 2.58. The van der Waals surface area contributed by atoms with E-state index in [0.717, 1.165) is 12.0 Å². The molecule has 0 radical (unpaired) electrons. The van der Waals surface area contributed by atoms with Gasteiger partial charge in [0.2, 0.25) is 0 Å². The fourth-order valence-corrected chi connectivity index (χ4v) is 1.39. The molecular weight excluding hydrogens is 270 g/mol. The van der Waals surface area contributed by atoms with E-state index in [1.54, 1.807) is 6.07 Å². The van der Waals surface area contributed by atoms with Crippen LogP contribution in [0.3, 0.4) is 0 Å². The van der Waals surface area contributed by atoms with Crippen molar-refractivity contribution in [1.82, 2.24) is 10.7 Å². The van der Waals surface area contributed by atoms with E-state index in [1.165, 1.54) is 12.3 Å². The van der Waals surface area contributed by atoms with E-state index in [9.17, 15) is 9.59 Å². The van der Waals surface area contributed by atoms with Crippen molar-refractivity contribution >= 4 is 18.0 Å². The summed E-state index contributed by atoms with van der Waals surface area (Å²) < 4.78 is 5.55. The van der Waals surface area contributed by atoms with Crippen molar-refractivity contribution in [3.05, 3.63) is 42.5 Å². The number of rotatable bonds is 7. The molecule has 0 heterocycles. The zero-order valence-corrected chi connectivity index (χ0v) is 12.0. The zero-order chi connectivity index (χ0) is 15.5. The van der Waals surface area contributed by atoms with Gasteiger partial charge in [0, 0.05) is 12.1 Å². The van der Waals surface area contributed by atoms with Crippen molar-refractivity contribution in [3.8, 4) is 5.75 Å². The molecule has 1 rings (SSSR count). The topological polar surface area (TPSA) is 79.8 Å². The van der Waals surface area contributed by atoms with Gasteiger partial charge in [-0.3, -0.25) is 9.59 Å². The number of carbonyl (C=O) groups is 2. The number of carbonyl (C=O) groups excluding carboxylic acids is 2. The van der Waals surface area contributed by atoms with Gasteiger partial charge in [-0.1, -0.05) is 25.1 Å². The van der Waals surface area contributed by atoms with Gasteiger partial charge in [0.15, 0.2) is 0 Å². The van der Waals surface area contributed by atoms with E-state index in [0.29, 0.717) is 12.4 Å². The van der Waals surface area contributed by atoms with Gasteiger partial charge in [-0.2, -0.15) is 5.10 Å². The van der Waals surface area contributed by atoms with Crippen molar-refractivity contribution in [1.29, 1.82) is 0 Å². The van der Waals surface area contributed by atoms with Crippen LogP contribution in [-0.2, 0) is 9.59 Å². The van der Waals surface area contributed by atoms with Crippen LogP contribution in [0.25, 0.3) is 0 Å². The number of hydrogen-bond acceptors (Lipinski definition) is 4. The van der Waals surface area contributed by atoms with Crippen LogP contribution in [0, 0.1) is 0 Å². The average Bonchev–Trinajstić information content (AvgIpc) is 2.51. The second-order valence-corrected chi connectivity index (χ2v) is 4.08. The van der Waals surface area contributed by atoms with E-state index in [1.807, 2.05) is 25.1 Å². The first-order chi connectivity index (χ1) is 10.2. The molecule has 0 aliphatic heterocycles. The number of para-hydroxylation sites is 1. The number of ether oxygens (including phenoxy) is 1. The number of nitrogens with one attached hydrogen (secondary N) is 2. The molecule has 0 saturated heterocycles. The molecule has 0 saturated carbocycles.